The summed E-state index contributed by atoms with van der Waals surface area (Å²) in [6.45, 7) is 1.39. The molecule has 2 aromatic carbocycles. The van der Waals surface area contributed by atoms with Crippen LogP contribution >= 0.6 is 0 Å². The van der Waals surface area contributed by atoms with Crippen molar-refractivity contribution in [2.24, 2.45) is 0 Å². The van der Waals surface area contributed by atoms with E-state index in [-0.39, 0.29) is 6.61 Å². The lowest BCUT2D eigenvalue weighted by molar-refractivity contribution is 0.195. The van der Waals surface area contributed by atoms with E-state index in [0.717, 1.165) is 0 Å². The molecule has 0 aliphatic rings. The molecule has 3 nitrogen and oxygen atoms in total. The van der Waals surface area contributed by atoms with E-state index in [4.69, 9.17) is 4.74 Å². The first-order valence-corrected chi connectivity index (χ1v) is 5.96. The highest BCUT2D eigenvalue weighted by Gasteiger charge is 2.12. The van der Waals surface area contributed by atoms with Crippen molar-refractivity contribution in [2.45, 2.75) is 19.6 Å². The first-order chi connectivity index (χ1) is 9.11. The van der Waals surface area contributed by atoms with Gasteiger partial charge < -0.3 is 14.9 Å². The average Bonchev–Trinajstić information content (AvgIpc) is 2.41. The van der Waals surface area contributed by atoms with Crippen LogP contribution in [0.25, 0.3) is 0 Å². The normalized spacial score (nSPS) is 12.2. The summed E-state index contributed by atoms with van der Waals surface area (Å²) < 4.78 is 18.8. The van der Waals surface area contributed by atoms with Crippen molar-refractivity contribution >= 4 is 0 Å². The highest BCUT2D eigenvalue weighted by Crippen LogP contribution is 2.31. The van der Waals surface area contributed by atoms with Gasteiger partial charge in [-0.1, -0.05) is 18.2 Å². The Morgan fingerprint density at radius 3 is 2.58 bits per heavy atom. The van der Waals surface area contributed by atoms with Crippen LogP contribution in [-0.4, -0.2) is 10.2 Å². The van der Waals surface area contributed by atoms with Crippen LogP contribution in [0.4, 0.5) is 4.39 Å². The third kappa shape index (κ3) is 3.10. The van der Waals surface area contributed by atoms with E-state index in [1.807, 2.05) is 0 Å². The second-order valence-corrected chi connectivity index (χ2v) is 4.23. The number of aliphatic hydroxyl groups excluding tert-OH is 2. The van der Waals surface area contributed by atoms with Crippen LogP contribution in [0.3, 0.4) is 0 Å². The smallest absolute Gasteiger partial charge is 0.133 e. The van der Waals surface area contributed by atoms with E-state index in [1.165, 1.54) is 18.2 Å². The number of hydrogen-bond acceptors (Lipinski definition) is 3. The average molecular weight is 262 g/mol. The Morgan fingerprint density at radius 1 is 1.16 bits per heavy atom. The summed E-state index contributed by atoms with van der Waals surface area (Å²) in [6, 6.07) is 11.0. The Morgan fingerprint density at radius 2 is 1.89 bits per heavy atom. The molecule has 0 amide bonds. The number of halogens is 1. The van der Waals surface area contributed by atoms with Gasteiger partial charge in [-0.2, -0.15) is 0 Å². The fourth-order valence-corrected chi connectivity index (χ4v) is 1.79. The SMILES string of the molecule is C[C@@H](O)c1cc(F)ccc1Oc1ccccc1CO. The first-order valence-electron chi connectivity index (χ1n) is 5.96. The van der Waals surface area contributed by atoms with Crippen molar-refractivity contribution in [1.82, 2.24) is 0 Å². The molecule has 2 rings (SSSR count). The third-order valence-electron chi connectivity index (χ3n) is 2.78. The van der Waals surface area contributed by atoms with Gasteiger partial charge in [-0.3, -0.25) is 0 Å². The molecule has 0 aromatic heterocycles. The van der Waals surface area contributed by atoms with Crippen LogP contribution in [0.1, 0.15) is 24.2 Å². The van der Waals surface area contributed by atoms with E-state index in [0.29, 0.717) is 22.6 Å². The monoisotopic (exact) mass is 262 g/mol. The van der Waals surface area contributed by atoms with E-state index in [2.05, 4.69) is 0 Å². The molecule has 0 radical (unpaired) electrons. The van der Waals surface area contributed by atoms with Gasteiger partial charge in [0.25, 0.3) is 0 Å². The van der Waals surface area contributed by atoms with E-state index in [1.54, 1.807) is 31.2 Å². The molecule has 19 heavy (non-hydrogen) atoms. The van der Waals surface area contributed by atoms with Gasteiger partial charge in [0.05, 0.1) is 12.7 Å². The van der Waals surface area contributed by atoms with Gasteiger partial charge in [0.1, 0.15) is 17.3 Å². The number of para-hydroxylation sites is 1. The molecule has 0 spiro atoms. The lowest BCUT2D eigenvalue weighted by Gasteiger charge is -2.15. The first kappa shape index (κ1) is 13.5. The number of benzene rings is 2. The maximum absolute atomic E-state index is 13.2. The van der Waals surface area contributed by atoms with E-state index < -0.39 is 11.9 Å². The Labute approximate surface area is 110 Å². The molecule has 0 bridgehead atoms. The fraction of sp³-hybridized carbons (Fsp3) is 0.200. The summed E-state index contributed by atoms with van der Waals surface area (Å²) in [7, 11) is 0. The molecule has 0 fully saturated rings. The Bertz CT molecular complexity index is 567. The van der Waals surface area contributed by atoms with E-state index in [9.17, 15) is 14.6 Å². The minimum Gasteiger partial charge on any atom is -0.457 e. The van der Waals surface area contributed by atoms with Crippen LogP contribution in [0.15, 0.2) is 42.5 Å². The molecule has 0 saturated carbocycles. The van der Waals surface area contributed by atoms with Gasteiger partial charge in [-0.05, 0) is 31.2 Å². The molecule has 4 heteroatoms. The number of rotatable bonds is 4. The van der Waals surface area contributed by atoms with Crippen molar-refractivity contribution in [1.29, 1.82) is 0 Å². The summed E-state index contributed by atoms with van der Waals surface area (Å²) in [5.74, 6) is 0.425. The standard InChI is InChI=1S/C15H15FO3/c1-10(18)13-8-12(16)6-7-15(13)19-14-5-3-2-4-11(14)9-17/h2-8,10,17-18H,9H2,1H3/t10-/m1/s1. The third-order valence-corrected chi connectivity index (χ3v) is 2.78. The summed E-state index contributed by atoms with van der Waals surface area (Å²) >= 11 is 0. The number of aliphatic hydroxyl groups is 2. The lowest BCUT2D eigenvalue weighted by atomic mass is 10.1. The molecular formula is C15H15FO3. The largest absolute Gasteiger partial charge is 0.457 e. The highest BCUT2D eigenvalue weighted by molar-refractivity contribution is 5.42. The molecule has 0 heterocycles. The second-order valence-electron chi connectivity index (χ2n) is 4.23. The van der Waals surface area contributed by atoms with Gasteiger partial charge in [0.2, 0.25) is 0 Å². The van der Waals surface area contributed by atoms with Crippen molar-refractivity contribution in [2.75, 3.05) is 0 Å². The van der Waals surface area contributed by atoms with Crippen molar-refractivity contribution < 1.29 is 19.3 Å². The predicted molar refractivity (Wildman–Crippen MR) is 69.5 cm³/mol. The summed E-state index contributed by atoms with van der Waals surface area (Å²) in [5.41, 5.74) is 0.996. The van der Waals surface area contributed by atoms with Gasteiger partial charge in [0.15, 0.2) is 0 Å². The Hall–Kier alpha value is -1.91. The topological polar surface area (TPSA) is 49.7 Å². The zero-order valence-electron chi connectivity index (χ0n) is 10.5. The van der Waals surface area contributed by atoms with Crippen molar-refractivity contribution in [3.8, 4) is 11.5 Å². The van der Waals surface area contributed by atoms with Crippen LogP contribution < -0.4 is 4.74 Å². The fourth-order valence-electron chi connectivity index (χ4n) is 1.79. The van der Waals surface area contributed by atoms with Crippen LogP contribution in [0, 0.1) is 5.82 Å². The molecule has 0 saturated heterocycles. The molecule has 0 unspecified atom stereocenters. The maximum atomic E-state index is 13.2. The summed E-state index contributed by atoms with van der Waals surface area (Å²) in [4.78, 5) is 0. The predicted octanol–water partition coefficient (Wildman–Crippen LogP) is 3.16. The zero-order chi connectivity index (χ0) is 13.8. The molecule has 0 aliphatic heterocycles. The van der Waals surface area contributed by atoms with Crippen LogP contribution in [-0.2, 0) is 6.61 Å². The quantitative estimate of drug-likeness (QED) is 0.889. The van der Waals surface area contributed by atoms with Gasteiger partial charge in [-0.25, -0.2) is 4.39 Å². The zero-order valence-corrected chi connectivity index (χ0v) is 10.5. The summed E-state index contributed by atoms with van der Waals surface area (Å²) in [6.07, 6.45) is -0.841. The Balaban J connectivity index is 2.38. The lowest BCUT2D eigenvalue weighted by Crippen LogP contribution is -1.98. The number of ether oxygens (including phenoxy) is 1. The molecule has 2 N–H and O–H groups in total. The van der Waals surface area contributed by atoms with Crippen molar-refractivity contribution in [3.05, 3.63) is 59.4 Å². The Kier molecular flexibility index (Phi) is 4.14. The van der Waals surface area contributed by atoms with Gasteiger partial charge in [-0.15, -0.1) is 0 Å². The maximum Gasteiger partial charge on any atom is 0.133 e. The van der Waals surface area contributed by atoms with Crippen LogP contribution in [0.2, 0.25) is 0 Å². The van der Waals surface area contributed by atoms with E-state index >= 15 is 0 Å². The molecule has 1 atom stereocenters. The minimum absolute atomic E-state index is 0.151. The highest BCUT2D eigenvalue weighted by atomic mass is 19.1. The van der Waals surface area contributed by atoms with Gasteiger partial charge >= 0.3 is 0 Å². The van der Waals surface area contributed by atoms with Gasteiger partial charge in [0, 0.05) is 11.1 Å². The summed E-state index contributed by atoms with van der Waals surface area (Å²) in [5, 5.41) is 18.9. The molecule has 0 aliphatic carbocycles. The molecular weight excluding hydrogens is 247 g/mol. The minimum atomic E-state index is -0.841. The molecule has 2 aromatic rings. The number of hydrogen-bond donors (Lipinski definition) is 2. The second kappa shape index (κ2) is 5.82. The van der Waals surface area contributed by atoms with Crippen molar-refractivity contribution in [3.63, 3.8) is 0 Å². The van der Waals surface area contributed by atoms with Crippen LogP contribution in [0.5, 0.6) is 11.5 Å². The molecule has 100 valence electrons.